The Labute approximate surface area is 128 Å². The molecule has 3 rings (SSSR count). The van der Waals surface area contributed by atoms with E-state index in [4.69, 9.17) is 4.74 Å². The summed E-state index contributed by atoms with van der Waals surface area (Å²) in [5.41, 5.74) is 0. The van der Waals surface area contributed by atoms with E-state index >= 15 is 0 Å². The standard InChI is InChI=1S/C15H20N2O3S/c18-14(11-12-3-2-10-21-12)16-5-7-17(8-6-16)15(19)13-4-1-9-20-13/h2-3,10,13H,1,4-9,11H2/t13-/m1/s1. The summed E-state index contributed by atoms with van der Waals surface area (Å²) in [6.45, 7) is 3.19. The minimum Gasteiger partial charge on any atom is -0.368 e. The number of amides is 2. The Morgan fingerprint density at radius 2 is 2.00 bits per heavy atom. The van der Waals surface area contributed by atoms with Gasteiger partial charge < -0.3 is 14.5 Å². The fourth-order valence-electron chi connectivity index (χ4n) is 2.83. The number of ether oxygens (including phenoxy) is 1. The molecule has 0 bridgehead atoms. The first-order valence-corrected chi connectivity index (χ1v) is 8.32. The lowest BCUT2D eigenvalue weighted by molar-refractivity contribution is -0.145. The average molecular weight is 308 g/mol. The van der Waals surface area contributed by atoms with Gasteiger partial charge in [0, 0.05) is 37.7 Å². The molecule has 0 saturated carbocycles. The van der Waals surface area contributed by atoms with Crippen molar-refractivity contribution in [2.24, 2.45) is 0 Å². The summed E-state index contributed by atoms with van der Waals surface area (Å²) in [4.78, 5) is 29.2. The highest BCUT2D eigenvalue weighted by atomic mass is 32.1. The Bertz CT molecular complexity index is 489. The van der Waals surface area contributed by atoms with E-state index in [1.54, 1.807) is 11.3 Å². The average Bonchev–Trinajstić information content (AvgIpc) is 3.20. The van der Waals surface area contributed by atoms with Gasteiger partial charge in [-0.05, 0) is 24.3 Å². The molecule has 0 aromatic carbocycles. The molecule has 2 fully saturated rings. The first kappa shape index (κ1) is 14.5. The topological polar surface area (TPSA) is 49.9 Å². The first-order valence-electron chi connectivity index (χ1n) is 7.44. The van der Waals surface area contributed by atoms with Crippen LogP contribution in [0.3, 0.4) is 0 Å². The van der Waals surface area contributed by atoms with Crippen LogP contribution in [0.5, 0.6) is 0 Å². The second kappa shape index (κ2) is 6.58. The fourth-order valence-corrected chi connectivity index (χ4v) is 3.52. The molecule has 1 aromatic rings. The molecule has 6 heteroatoms. The zero-order valence-electron chi connectivity index (χ0n) is 12.0. The predicted molar refractivity (Wildman–Crippen MR) is 80.2 cm³/mol. The van der Waals surface area contributed by atoms with Crippen LogP contribution in [0.1, 0.15) is 17.7 Å². The van der Waals surface area contributed by atoms with Crippen LogP contribution in [0, 0.1) is 0 Å². The van der Waals surface area contributed by atoms with Crippen LogP contribution < -0.4 is 0 Å². The van der Waals surface area contributed by atoms with E-state index in [0.717, 1.165) is 17.7 Å². The largest absolute Gasteiger partial charge is 0.368 e. The zero-order valence-corrected chi connectivity index (χ0v) is 12.8. The summed E-state index contributed by atoms with van der Waals surface area (Å²) < 4.78 is 5.44. The van der Waals surface area contributed by atoms with Gasteiger partial charge in [0.05, 0.1) is 6.42 Å². The molecule has 2 saturated heterocycles. The van der Waals surface area contributed by atoms with Crippen LogP contribution in [0.25, 0.3) is 0 Å². The van der Waals surface area contributed by atoms with Gasteiger partial charge in [0.1, 0.15) is 6.10 Å². The van der Waals surface area contributed by atoms with E-state index < -0.39 is 0 Å². The molecule has 0 radical (unpaired) electrons. The lowest BCUT2D eigenvalue weighted by atomic mass is 10.2. The van der Waals surface area contributed by atoms with Crippen molar-refractivity contribution in [3.8, 4) is 0 Å². The molecule has 0 unspecified atom stereocenters. The van der Waals surface area contributed by atoms with Crippen molar-refractivity contribution in [1.82, 2.24) is 9.80 Å². The van der Waals surface area contributed by atoms with Crippen molar-refractivity contribution in [2.75, 3.05) is 32.8 Å². The van der Waals surface area contributed by atoms with Gasteiger partial charge in [-0.25, -0.2) is 0 Å². The van der Waals surface area contributed by atoms with Crippen molar-refractivity contribution in [1.29, 1.82) is 0 Å². The van der Waals surface area contributed by atoms with Gasteiger partial charge in [-0.15, -0.1) is 11.3 Å². The second-order valence-corrected chi connectivity index (χ2v) is 6.50. The molecule has 5 nitrogen and oxygen atoms in total. The van der Waals surface area contributed by atoms with E-state index in [2.05, 4.69) is 0 Å². The third-order valence-corrected chi connectivity index (χ3v) is 4.93. The van der Waals surface area contributed by atoms with E-state index in [1.807, 2.05) is 27.3 Å². The van der Waals surface area contributed by atoms with Crippen molar-refractivity contribution in [2.45, 2.75) is 25.4 Å². The SMILES string of the molecule is O=C(Cc1cccs1)N1CCN(C(=O)[C@H]2CCCO2)CC1. The summed E-state index contributed by atoms with van der Waals surface area (Å²) in [5.74, 6) is 0.250. The predicted octanol–water partition coefficient (Wildman–Crippen LogP) is 1.14. The molecule has 2 aliphatic rings. The molecular formula is C15H20N2O3S. The fraction of sp³-hybridized carbons (Fsp3) is 0.600. The van der Waals surface area contributed by atoms with Gasteiger partial charge in [-0.1, -0.05) is 6.07 Å². The Morgan fingerprint density at radius 3 is 2.62 bits per heavy atom. The number of piperazine rings is 1. The van der Waals surface area contributed by atoms with Crippen LogP contribution in [-0.2, 0) is 20.7 Å². The van der Waals surface area contributed by atoms with Crippen LogP contribution in [0.4, 0.5) is 0 Å². The Balaban J connectivity index is 1.48. The normalized spacial score (nSPS) is 22.6. The van der Waals surface area contributed by atoms with E-state index in [0.29, 0.717) is 39.2 Å². The van der Waals surface area contributed by atoms with Gasteiger partial charge in [0.2, 0.25) is 5.91 Å². The molecule has 1 atom stereocenters. The number of thiophene rings is 1. The molecule has 0 spiro atoms. The minimum atomic E-state index is -0.252. The summed E-state index contributed by atoms with van der Waals surface area (Å²) in [6, 6.07) is 3.95. The summed E-state index contributed by atoms with van der Waals surface area (Å²) in [5, 5.41) is 1.99. The summed E-state index contributed by atoms with van der Waals surface area (Å²) >= 11 is 1.61. The molecule has 0 aliphatic carbocycles. The van der Waals surface area contributed by atoms with Gasteiger partial charge in [-0.2, -0.15) is 0 Å². The zero-order chi connectivity index (χ0) is 14.7. The highest BCUT2D eigenvalue weighted by Crippen LogP contribution is 2.17. The monoisotopic (exact) mass is 308 g/mol. The Morgan fingerprint density at radius 1 is 1.24 bits per heavy atom. The van der Waals surface area contributed by atoms with Crippen LogP contribution >= 0.6 is 11.3 Å². The third-order valence-electron chi connectivity index (χ3n) is 4.05. The molecule has 1 aromatic heterocycles. The van der Waals surface area contributed by atoms with E-state index in [9.17, 15) is 9.59 Å². The summed E-state index contributed by atoms with van der Waals surface area (Å²) in [6.07, 6.45) is 2.02. The third kappa shape index (κ3) is 3.44. The van der Waals surface area contributed by atoms with Gasteiger partial charge in [0.15, 0.2) is 0 Å². The van der Waals surface area contributed by atoms with E-state index in [-0.39, 0.29) is 17.9 Å². The highest BCUT2D eigenvalue weighted by Gasteiger charge is 2.31. The number of nitrogens with zero attached hydrogens (tertiary/aromatic N) is 2. The maximum absolute atomic E-state index is 12.2. The highest BCUT2D eigenvalue weighted by molar-refractivity contribution is 7.10. The van der Waals surface area contributed by atoms with Gasteiger partial charge in [0.25, 0.3) is 5.91 Å². The molecule has 0 N–H and O–H groups in total. The molecular weight excluding hydrogens is 288 g/mol. The number of hydrogen-bond donors (Lipinski definition) is 0. The Kier molecular flexibility index (Phi) is 4.55. The van der Waals surface area contributed by atoms with Crippen molar-refractivity contribution < 1.29 is 14.3 Å². The lowest BCUT2D eigenvalue weighted by Gasteiger charge is -2.35. The summed E-state index contributed by atoms with van der Waals surface area (Å²) in [7, 11) is 0. The quantitative estimate of drug-likeness (QED) is 0.841. The lowest BCUT2D eigenvalue weighted by Crippen LogP contribution is -2.53. The molecule has 2 amide bonds. The Hall–Kier alpha value is -1.40. The molecule has 3 heterocycles. The van der Waals surface area contributed by atoms with Crippen molar-refractivity contribution >= 4 is 23.2 Å². The maximum Gasteiger partial charge on any atom is 0.251 e. The molecule has 2 aliphatic heterocycles. The number of carbonyl (C=O) groups excluding carboxylic acids is 2. The number of carbonyl (C=O) groups is 2. The first-order chi connectivity index (χ1) is 10.2. The van der Waals surface area contributed by atoms with Gasteiger partial charge >= 0.3 is 0 Å². The van der Waals surface area contributed by atoms with Crippen LogP contribution in [0.15, 0.2) is 17.5 Å². The smallest absolute Gasteiger partial charge is 0.251 e. The molecule has 114 valence electrons. The van der Waals surface area contributed by atoms with Crippen molar-refractivity contribution in [3.05, 3.63) is 22.4 Å². The van der Waals surface area contributed by atoms with Crippen LogP contribution in [-0.4, -0.2) is 60.5 Å². The van der Waals surface area contributed by atoms with Gasteiger partial charge in [-0.3, -0.25) is 9.59 Å². The van der Waals surface area contributed by atoms with Crippen molar-refractivity contribution in [3.63, 3.8) is 0 Å². The van der Waals surface area contributed by atoms with E-state index in [1.165, 1.54) is 0 Å². The molecule has 21 heavy (non-hydrogen) atoms. The number of hydrogen-bond acceptors (Lipinski definition) is 4. The number of rotatable bonds is 3. The minimum absolute atomic E-state index is 0.0952. The second-order valence-electron chi connectivity index (χ2n) is 5.46. The maximum atomic E-state index is 12.2. The van der Waals surface area contributed by atoms with Crippen LogP contribution in [0.2, 0.25) is 0 Å².